The van der Waals surface area contributed by atoms with E-state index in [-0.39, 0.29) is 16.3 Å². The van der Waals surface area contributed by atoms with Crippen LogP contribution >= 0.6 is 11.8 Å². The summed E-state index contributed by atoms with van der Waals surface area (Å²) >= 11 is 6.17. The Bertz CT molecular complexity index is 1010. The number of hydrogen-bond donors (Lipinski definition) is 0. The topological polar surface area (TPSA) is 53.1 Å². The summed E-state index contributed by atoms with van der Waals surface area (Å²) in [6.45, 7) is 3.77. The van der Waals surface area contributed by atoms with Gasteiger partial charge >= 0.3 is 6.61 Å². The summed E-state index contributed by atoms with van der Waals surface area (Å²) < 4.78 is 56.9. The number of hydrogen-bond acceptors (Lipinski definition) is 5. The highest BCUT2D eigenvalue weighted by Crippen LogP contribution is 2.37. The monoisotopic (exact) mass is 459 g/mol. The van der Waals surface area contributed by atoms with Crippen molar-refractivity contribution in [3.8, 4) is 5.75 Å². The molecule has 1 aliphatic heterocycles. The van der Waals surface area contributed by atoms with Crippen LogP contribution in [0.5, 0.6) is 5.75 Å². The second-order valence-corrected chi connectivity index (χ2v) is 9.63. The largest absolute Gasteiger partial charge is 0.433 e. The van der Waals surface area contributed by atoms with Gasteiger partial charge < -0.3 is 14.5 Å². The number of rotatable bonds is 6. The fourth-order valence-electron chi connectivity index (χ4n) is 3.32. The first-order valence-electron chi connectivity index (χ1n) is 9.40. The van der Waals surface area contributed by atoms with Gasteiger partial charge in [0.2, 0.25) is 0 Å². The van der Waals surface area contributed by atoms with Gasteiger partial charge in [-0.15, -0.1) is 0 Å². The van der Waals surface area contributed by atoms with Gasteiger partial charge in [-0.2, -0.15) is 21.0 Å². The first-order chi connectivity index (χ1) is 14.1. The van der Waals surface area contributed by atoms with Crippen LogP contribution in [0.2, 0.25) is 0 Å². The summed E-state index contributed by atoms with van der Waals surface area (Å²) in [6, 6.07) is 8.99. The maximum Gasteiger partial charge on any atom is 0.387 e. The Kier molecular flexibility index (Phi) is 6.74. The summed E-state index contributed by atoms with van der Waals surface area (Å²) in [7, 11) is -2.18. The zero-order valence-corrected chi connectivity index (χ0v) is 18.6. The molecule has 1 heterocycles. The molecule has 0 aliphatic carbocycles. The molecule has 0 amide bonds. The van der Waals surface area contributed by atoms with Crippen LogP contribution in [0.25, 0.3) is 0 Å². The predicted molar refractivity (Wildman–Crippen MR) is 114 cm³/mol. The molecule has 0 atom stereocenters. The molecule has 1 saturated heterocycles. The van der Waals surface area contributed by atoms with Crippen LogP contribution in [0, 0.1) is 13.8 Å². The zero-order valence-electron chi connectivity index (χ0n) is 17.0. The second-order valence-electron chi connectivity index (χ2n) is 7.31. The fourth-order valence-corrected chi connectivity index (χ4v) is 4.79. The highest BCUT2D eigenvalue weighted by molar-refractivity contribution is 7.94. The molecule has 0 unspecified atom stereocenters. The minimum Gasteiger partial charge on any atom is -0.433 e. The van der Waals surface area contributed by atoms with E-state index in [0.29, 0.717) is 9.39 Å². The van der Waals surface area contributed by atoms with Gasteiger partial charge in [-0.1, -0.05) is 12.1 Å². The van der Waals surface area contributed by atoms with Crippen LogP contribution in [0.1, 0.15) is 11.1 Å². The van der Waals surface area contributed by atoms with E-state index >= 15 is 0 Å². The van der Waals surface area contributed by atoms with E-state index in [4.69, 9.17) is 11.8 Å². The average Bonchev–Trinajstić information content (AvgIpc) is 2.68. The number of aryl methyl sites for hydroxylation is 2. The second kappa shape index (κ2) is 8.95. The number of ether oxygens (including phenoxy) is 1. The molecule has 1 fully saturated rings. The minimum absolute atomic E-state index is 0.0272. The molecule has 30 heavy (non-hydrogen) atoms. The third-order valence-corrected chi connectivity index (χ3v) is 7.25. The highest BCUT2D eigenvalue weighted by atomic mass is 35.5. The maximum absolute atomic E-state index is 13.2. The van der Waals surface area contributed by atoms with E-state index in [1.165, 1.54) is 18.2 Å². The third kappa shape index (κ3) is 4.79. The van der Waals surface area contributed by atoms with Gasteiger partial charge in [0.05, 0.1) is 4.90 Å². The van der Waals surface area contributed by atoms with Gasteiger partial charge in [-0.05, 0) is 56.3 Å². The highest BCUT2D eigenvalue weighted by Gasteiger charge is 2.28. The van der Waals surface area contributed by atoms with Gasteiger partial charge in [0.1, 0.15) is 5.69 Å². The van der Waals surface area contributed by atoms with Gasteiger partial charge in [0, 0.05) is 43.6 Å². The number of nitrogens with zero attached hydrogens (tertiary/aromatic N) is 3. The Balaban J connectivity index is 1.97. The van der Waals surface area contributed by atoms with E-state index in [2.05, 4.69) is 14.5 Å². The van der Waals surface area contributed by atoms with E-state index in [1.54, 1.807) is 25.1 Å². The van der Waals surface area contributed by atoms with Crippen molar-refractivity contribution in [1.29, 1.82) is 0 Å². The quantitative estimate of drug-likeness (QED) is 0.611. The number of alkyl halides is 2. The van der Waals surface area contributed by atoms with Crippen LogP contribution in [0.15, 0.2) is 41.3 Å². The summed E-state index contributed by atoms with van der Waals surface area (Å²) in [6.07, 6.45) is 0. The first kappa shape index (κ1) is 22.6. The van der Waals surface area contributed by atoms with Crippen molar-refractivity contribution in [3.63, 3.8) is 0 Å². The van der Waals surface area contributed by atoms with Gasteiger partial charge in [-0.25, -0.2) is 0 Å². The summed E-state index contributed by atoms with van der Waals surface area (Å²) in [4.78, 5) is 4.31. The van der Waals surface area contributed by atoms with Crippen LogP contribution in [-0.2, 0) is 10.0 Å². The van der Waals surface area contributed by atoms with E-state index in [1.807, 2.05) is 14.0 Å². The normalized spacial score (nSPS) is 15.5. The van der Waals surface area contributed by atoms with Crippen molar-refractivity contribution in [1.82, 2.24) is 4.90 Å². The molecule has 164 valence electrons. The van der Waals surface area contributed by atoms with Crippen LogP contribution < -0.4 is 13.5 Å². The van der Waals surface area contributed by atoms with Crippen molar-refractivity contribution >= 4 is 33.2 Å². The lowest BCUT2D eigenvalue weighted by Gasteiger charge is -2.35. The lowest BCUT2D eigenvalue weighted by atomic mass is 10.1. The van der Waals surface area contributed by atoms with Gasteiger partial charge in [-0.3, -0.25) is 0 Å². The molecule has 6 nitrogen and oxygen atoms in total. The van der Waals surface area contributed by atoms with Crippen LogP contribution in [0.4, 0.5) is 20.2 Å². The standard InChI is InChI=1S/C20H24ClF2N3O3S/c1-14-4-7-17(19(12-14)29-20(22)23)26(21)30(27,28)16-6-5-15(2)18(13-16)25-10-8-24(3)9-11-25/h4-7,12-13,20H,8-11H2,1-3H3. The number of halogens is 3. The number of piperazine rings is 1. The summed E-state index contributed by atoms with van der Waals surface area (Å²) in [5, 5.41) is 0. The Hall–Kier alpha value is -2.10. The molecular formula is C20H24ClF2N3O3S. The van der Waals surface area contributed by atoms with Crippen LogP contribution in [0.3, 0.4) is 0 Å². The Morgan fingerprint density at radius 1 is 1.07 bits per heavy atom. The fraction of sp³-hybridized carbons (Fsp3) is 0.400. The number of benzene rings is 2. The zero-order chi connectivity index (χ0) is 22.1. The first-order valence-corrected chi connectivity index (χ1v) is 11.2. The van der Waals surface area contributed by atoms with Crippen molar-refractivity contribution in [2.24, 2.45) is 0 Å². The van der Waals surface area contributed by atoms with Crippen molar-refractivity contribution in [2.75, 3.05) is 42.0 Å². The van der Waals surface area contributed by atoms with E-state index < -0.39 is 16.6 Å². The number of likely N-dealkylation sites (N-methyl/N-ethyl adjacent to an activating group) is 1. The molecule has 0 N–H and O–H groups in total. The lowest BCUT2D eigenvalue weighted by Crippen LogP contribution is -2.44. The SMILES string of the molecule is Cc1ccc(N(Cl)S(=O)(=O)c2ccc(C)c(N3CCN(C)CC3)c2)c(OC(F)F)c1. The summed E-state index contributed by atoms with van der Waals surface area (Å²) in [5.41, 5.74) is 2.20. The Morgan fingerprint density at radius 3 is 2.37 bits per heavy atom. The molecule has 2 aromatic carbocycles. The summed E-state index contributed by atoms with van der Waals surface area (Å²) in [5.74, 6) is -0.310. The smallest absolute Gasteiger partial charge is 0.387 e. The van der Waals surface area contributed by atoms with E-state index in [0.717, 1.165) is 37.4 Å². The molecule has 0 aromatic heterocycles. The Labute approximate surface area is 180 Å². The molecule has 3 rings (SSSR count). The minimum atomic E-state index is -4.22. The van der Waals surface area contributed by atoms with Crippen molar-refractivity contribution < 1.29 is 21.9 Å². The predicted octanol–water partition coefficient (Wildman–Crippen LogP) is 4.01. The molecule has 0 spiro atoms. The number of anilines is 2. The van der Waals surface area contributed by atoms with Gasteiger partial charge in [0.15, 0.2) is 5.75 Å². The van der Waals surface area contributed by atoms with E-state index in [9.17, 15) is 17.2 Å². The maximum atomic E-state index is 13.2. The molecule has 2 aromatic rings. The van der Waals surface area contributed by atoms with Gasteiger partial charge in [0.25, 0.3) is 10.0 Å². The molecular weight excluding hydrogens is 436 g/mol. The molecule has 0 radical (unpaired) electrons. The average molecular weight is 460 g/mol. The molecule has 0 saturated carbocycles. The Morgan fingerprint density at radius 2 is 1.73 bits per heavy atom. The third-order valence-electron chi connectivity index (χ3n) is 5.05. The number of sulfonamides is 1. The van der Waals surface area contributed by atoms with Crippen LogP contribution in [-0.4, -0.2) is 53.2 Å². The van der Waals surface area contributed by atoms with Crippen molar-refractivity contribution in [3.05, 3.63) is 47.5 Å². The lowest BCUT2D eigenvalue weighted by molar-refractivity contribution is -0.0494. The van der Waals surface area contributed by atoms with Crippen molar-refractivity contribution in [2.45, 2.75) is 25.4 Å². The molecule has 1 aliphatic rings. The molecule has 10 heteroatoms. The molecule has 0 bridgehead atoms.